The summed E-state index contributed by atoms with van der Waals surface area (Å²) >= 11 is 5.90. The standard InChI is InChI=1S/C30H25ClN2O4/c1-36-26-14-10-22(11-15-26)28-18-27(24-9-8-21-4-2-3-5-23(21)17-24)32-33(28)29(34)19-37-30(35)16-20-6-12-25(31)13-7-20/h2-15,17,28H,16,18-19H2,1H3. The maximum atomic E-state index is 13.2. The minimum atomic E-state index is -0.491. The number of carbonyl (C=O) groups excluding carboxylic acids is 2. The highest BCUT2D eigenvalue weighted by Crippen LogP contribution is 2.34. The van der Waals surface area contributed by atoms with Crippen LogP contribution >= 0.6 is 11.6 Å². The highest BCUT2D eigenvalue weighted by atomic mass is 35.5. The van der Waals surface area contributed by atoms with Gasteiger partial charge in [0.1, 0.15) is 5.75 Å². The van der Waals surface area contributed by atoms with E-state index in [1.165, 1.54) is 5.01 Å². The summed E-state index contributed by atoms with van der Waals surface area (Å²) in [5, 5.41) is 8.96. The van der Waals surface area contributed by atoms with Crippen molar-refractivity contribution in [1.29, 1.82) is 0 Å². The molecule has 0 spiro atoms. The molecule has 186 valence electrons. The first-order chi connectivity index (χ1) is 18.0. The SMILES string of the molecule is COc1ccc(C2CC(c3ccc4ccccc4c3)=NN2C(=O)COC(=O)Cc2ccc(Cl)cc2)cc1. The van der Waals surface area contributed by atoms with Crippen molar-refractivity contribution in [2.75, 3.05) is 13.7 Å². The lowest BCUT2D eigenvalue weighted by Crippen LogP contribution is -2.31. The van der Waals surface area contributed by atoms with E-state index in [1.54, 1.807) is 31.4 Å². The van der Waals surface area contributed by atoms with Crippen molar-refractivity contribution in [1.82, 2.24) is 5.01 Å². The number of benzene rings is 4. The molecular weight excluding hydrogens is 488 g/mol. The van der Waals surface area contributed by atoms with Gasteiger partial charge in [0.05, 0.1) is 25.3 Å². The molecule has 1 aliphatic heterocycles. The normalized spacial score (nSPS) is 14.9. The molecule has 37 heavy (non-hydrogen) atoms. The fourth-order valence-electron chi connectivity index (χ4n) is 4.40. The summed E-state index contributed by atoms with van der Waals surface area (Å²) < 4.78 is 10.6. The topological polar surface area (TPSA) is 68.2 Å². The van der Waals surface area contributed by atoms with Crippen LogP contribution in [0.3, 0.4) is 0 Å². The molecule has 1 heterocycles. The zero-order chi connectivity index (χ0) is 25.8. The summed E-state index contributed by atoms with van der Waals surface area (Å²) in [6.07, 6.45) is 0.590. The van der Waals surface area contributed by atoms with Crippen molar-refractivity contribution in [3.05, 3.63) is 113 Å². The van der Waals surface area contributed by atoms with Gasteiger partial charge in [0.15, 0.2) is 6.61 Å². The van der Waals surface area contributed by atoms with E-state index >= 15 is 0 Å². The number of hydrogen-bond donors (Lipinski definition) is 0. The molecule has 0 saturated heterocycles. The summed E-state index contributed by atoms with van der Waals surface area (Å²) in [7, 11) is 1.61. The van der Waals surface area contributed by atoms with Gasteiger partial charge in [0, 0.05) is 11.4 Å². The molecule has 0 bridgehead atoms. The van der Waals surface area contributed by atoms with Gasteiger partial charge in [-0.25, -0.2) is 5.01 Å². The molecule has 5 rings (SSSR count). The van der Waals surface area contributed by atoms with E-state index in [2.05, 4.69) is 24.3 Å². The number of hydrogen-bond acceptors (Lipinski definition) is 5. The molecule has 1 amide bonds. The maximum absolute atomic E-state index is 13.2. The first kappa shape index (κ1) is 24.5. The van der Waals surface area contributed by atoms with Crippen molar-refractivity contribution in [2.45, 2.75) is 18.9 Å². The number of fused-ring (bicyclic) bond motifs is 1. The highest BCUT2D eigenvalue weighted by molar-refractivity contribution is 6.30. The Hall–Kier alpha value is -4.16. The average molecular weight is 513 g/mol. The lowest BCUT2D eigenvalue weighted by molar-refractivity contribution is -0.152. The lowest BCUT2D eigenvalue weighted by Gasteiger charge is -2.22. The summed E-state index contributed by atoms with van der Waals surface area (Å²) in [5.41, 5.74) is 3.43. The van der Waals surface area contributed by atoms with Crippen LogP contribution in [0, 0.1) is 0 Å². The Bertz CT molecular complexity index is 1470. The molecule has 0 radical (unpaired) electrons. The minimum absolute atomic E-state index is 0.0535. The van der Waals surface area contributed by atoms with Gasteiger partial charge in [-0.3, -0.25) is 9.59 Å². The van der Waals surface area contributed by atoms with Crippen molar-refractivity contribution in [3.8, 4) is 5.75 Å². The quantitative estimate of drug-likeness (QED) is 0.286. The predicted octanol–water partition coefficient (Wildman–Crippen LogP) is 5.97. The molecule has 1 atom stereocenters. The van der Waals surface area contributed by atoms with Crippen LogP contribution in [0.15, 0.2) is 96.1 Å². The number of carbonyl (C=O) groups is 2. The molecule has 6 nitrogen and oxygen atoms in total. The second-order valence-electron chi connectivity index (χ2n) is 8.80. The van der Waals surface area contributed by atoms with Crippen LogP contribution in [0.5, 0.6) is 5.75 Å². The molecule has 7 heteroatoms. The van der Waals surface area contributed by atoms with Gasteiger partial charge in [-0.15, -0.1) is 0 Å². The molecule has 0 aromatic heterocycles. The molecular formula is C30H25ClN2O4. The van der Waals surface area contributed by atoms with E-state index in [-0.39, 0.29) is 18.4 Å². The second kappa shape index (κ2) is 10.8. The van der Waals surface area contributed by atoms with Gasteiger partial charge in [-0.2, -0.15) is 5.10 Å². The molecule has 4 aromatic carbocycles. The predicted molar refractivity (Wildman–Crippen MR) is 144 cm³/mol. The Labute approximate surface area is 220 Å². The van der Waals surface area contributed by atoms with E-state index in [0.717, 1.165) is 38.9 Å². The lowest BCUT2D eigenvalue weighted by atomic mass is 9.97. The number of halogens is 1. The molecule has 0 saturated carbocycles. The Kier molecular flexibility index (Phi) is 7.19. The Balaban J connectivity index is 1.35. The van der Waals surface area contributed by atoms with Crippen molar-refractivity contribution < 1.29 is 19.1 Å². The first-order valence-corrected chi connectivity index (χ1v) is 12.3. The van der Waals surface area contributed by atoms with Crippen LogP contribution in [0.25, 0.3) is 10.8 Å². The number of nitrogens with zero attached hydrogens (tertiary/aromatic N) is 2. The number of methoxy groups -OCH3 is 1. The monoisotopic (exact) mass is 512 g/mol. The van der Waals surface area contributed by atoms with Crippen LogP contribution < -0.4 is 4.74 Å². The number of rotatable bonds is 7. The molecule has 4 aromatic rings. The van der Waals surface area contributed by atoms with Gasteiger partial charge < -0.3 is 9.47 Å². The average Bonchev–Trinajstić information content (AvgIpc) is 3.38. The smallest absolute Gasteiger partial charge is 0.310 e. The number of esters is 1. The van der Waals surface area contributed by atoms with E-state index in [4.69, 9.17) is 26.2 Å². The van der Waals surface area contributed by atoms with Gasteiger partial charge in [0.2, 0.25) is 0 Å². The van der Waals surface area contributed by atoms with E-state index < -0.39 is 12.6 Å². The zero-order valence-corrected chi connectivity index (χ0v) is 21.0. The van der Waals surface area contributed by atoms with E-state index in [1.807, 2.05) is 42.5 Å². The first-order valence-electron chi connectivity index (χ1n) is 11.9. The number of hydrazone groups is 1. The van der Waals surface area contributed by atoms with Crippen LogP contribution in [0.2, 0.25) is 5.02 Å². The molecule has 1 aliphatic rings. The maximum Gasteiger partial charge on any atom is 0.310 e. The van der Waals surface area contributed by atoms with E-state index in [9.17, 15) is 9.59 Å². The van der Waals surface area contributed by atoms with Gasteiger partial charge in [-0.1, -0.05) is 72.3 Å². The van der Waals surface area contributed by atoms with Crippen LogP contribution in [-0.2, 0) is 20.7 Å². The third-order valence-electron chi connectivity index (χ3n) is 6.37. The fraction of sp³-hybridized carbons (Fsp3) is 0.167. The summed E-state index contributed by atoms with van der Waals surface area (Å²) in [5.74, 6) is -0.151. The van der Waals surface area contributed by atoms with Gasteiger partial charge in [0.25, 0.3) is 5.91 Å². The fourth-order valence-corrected chi connectivity index (χ4v) is 4.52. The summed E-state index contributed by atoms with van der Waals surface area (Å²) in [6.45, 7) is -0.395. The Morgan fingerprint density at radius 2 is 1.68 bits per heavy atom. The van der Waals surface area contributed by atoms with E-state index in [0.29, 0.717) is 11.4 Å². The van der Waals surface area contributed by atoms with Crippen LogP contribution in [0.1, 0.15) is 29.2 Å². The minimum Gasteiger partial charge on any atom is -0.497 e. The molecule has 1 unspecified atom stereocenters. The zero-order valence-electron chi connectivity index (χ0n) is 20.3. The number of ether oxygens (including phenoxy) is 2. The molecule has 0 aliphatic carbocycles. The Morgan fingerprint density at radius 1 is 0.946 bits per heavy atom. The van der Waals surface area contributed by atoms with Crippen molar-refractivity contribution in [2.24, 2.45) is 5.10 Å². The van der Waals surface area contributed by atoms with Gasteiger partial charge in [-0.05, 0) is 57.8 Å². The Morgan fingerprint density at radius 3 is 2.41 bits per heavy atom. The summed E-state index contributed by atoms with van der Waals surface area (Å²) in [6, 6.07) is 28.4. The molecule has 0 fully saturated rings. The van der Waals surface area contributed by atoms with Crippen molar-refractivity contribution in [3.63, 3.8) is 0 Å². The third-order valence-corrected chi connectivity index (χ3v) is 6.62. The highest BCUT2D eigenvalue weighted by Gasteiger charge is 2.33. The molecule has 0 N–H and O–H groups in total. The van der Waals surface area contributed by atoms with Crippen LogP contribution in [-0.4, -0.2) is 36.3 Å². The number of amides is 1. The second-order valence-corrected chi connectivity index (χ2v) is 9.24. The van der Waals surface area contributed by atoms with Gasteiger partial charge >= 0.3 is 5.97 Å². The third kappa shape index (κ3) is 5.65. The largest absolute Gasteiger partial charge is 0.497 e. The van der Waals surface area contributed by atoms with Crippen molar-refractivity contribution >= 4 is 40.0 Å². The van der Waals surface area contributed by atoms with Crippen LogP contribution in [0.4, 0.5) is 0 Å². The summed E-state index contributed by atoms with van der Waals surface area (Å²) in [4.78, 5) is 25.6.